The number of nitrogens with one attached hydrogen (secondary N) is 1. The second-order valence-corrected chi connectivity index (χ2v) is 5.56. The maximum Gasteiger partial charge on any atom is 0.251 e. The maximum absolute atomic E-state index is 11.9. The number of aromatic nitrogens is 1. The summed E-state index contributed by atoms with van der Waals surface area (Å²) in [6.07, 6.45) is 6.12. The molecule has 2 rings (SSSR count). The van der Waals surface area contributed by atoms with Crippen LogP contribution in [0.2, 0.25) is 5.15 Å². The number of hydrogen-bond acceptors (Lipinski definition) is 3. The molecule has 5 nitrogen and oxygen atoms in total. The number of amides is 2. The zero-order chi connectivity index (χ0) is 15.1. The minimum atomic E-state index is -0.165. The van der Waals surface area contributed by atoms with Crippen LogP contribution in [0.3, 0.4) is 0 Å². The van der Waals surface area contributed by atoms with Gasteiger partial charge in [0.1, 0.15) is 5.15 Å². The number of hydrogen-bond donors (Lipinski definition) is 1. The number of rotatable bonds is 5. The molecule has 0 aromatic carbocycles. The number of carbonyl (C=O) groups excluding carboxylic acids is 2. The highest BCUT2D eigenvalue weighted by molar-refractivity contribution is 6.29. The van der Waals surface area contributed by atoms with E-state index in [1.807, 2.05) is 4.90 Å². The fraction of sp³-hybridized carbons (Fsp3) is 0.533. The second kappa shape index (κ2) is 7.98. The Morgan fingerprint density at radius 3 is 3.05 bits per heavy atom. The fourth-order valence-electron chi connectivity index (χ4n) is 2.39. The minimum absolute atomic E-state index is 0.165. The first-order valence-corrected chi connectivity index (χ1v) is 7.72. The Kier molecular flexibility index (Phi) is 5.99. The number of nitrogens with zero attached hydrogens (tertiary/aromatic N) is 2. The lowest BCUT2D eigenvalue weighted by molar-refractivity contribution is -0.130. The summed E-state index contributed by atoms with van der Waals surface area (Å²) in [5.74, 6) is 0.0706. The molecule has 2 heterocycles. The Morgan fingerprint density at radius 2 is 2.24 bits per heavy atom. The second-order valence-electron chi connectivity index (χ2n) is 5.17. The van der Waals surface area contributed by atoms with Gasteiger partial charge in [0.25, 0.3) is 5.91 Å². The van der Waals surface area contributed by atoms with Crippen molar-refractivity contribution < 1.29 is 9.59 Å². The molecule has 1 aliphatic heterocycles. The zero-order valence-corrected chi connectivity index (χ0v) is 12.7. The Labute approximate surface area is 129 Å². The van der Waals surface area contributed by atoms with Crippen molar-refractivity contribution in [1.29, 1.82) is 0 Å². The zero-order valence-electron chi connectivity index (χ0n) is 12.0. The highest BCUT2D eigenvalue weighted by Crippen LogP contribution is 2.11. The van der Waals surface area contributed by atoms with Crippen LogP contribution in [-0.2, 0) is 4.79 Å². The van der Waals surface area contributed by atoms with Crippen LogP contribution in [0.1, 0.15) is 42.5 Å². The summed E-state index contributed by atoms with van der Waals surface area (Å²) in [4.78, 5) is 29.5. The van der Waals surface area contributed by atoms with Gasteiger partial charge in [0, 0.05) is 37.8 Å². The van der Waals surface area contributed by atoms with E-state index < -0.39 is 0 Å². The monoisotopic (exact) mass is 309 g/mol. The van der Waals surface area contributed by atoms with Crippen molar-refractivity contribution in [3.8, 4) is 0 Å². The number of likely N-dealkylation sites (tertiary alicyclic amines) is 1. The summed E-state index contributed by atoms with van der Waals surface area (Å²) in [7, 11) is 0. The molecule has 0 bridgehead atoms. The van der Waals surface area contributed by atoms with Crippen molar-refractivity contribution in [2.75, 3.05) is 19.6 Å². The molecule has 0 aliphatic carbocycles. The first-order valence-electron chi connectivity index (χ1n) is 7.34. The van der Waals surface area contributed by atoms with Gasteiger partial charge < -0.3 is 10.2 Å². The standard InChI is InChI=1S/C15H20ClN3O2/c16-13-11-12(6-8-17-13)15(21)18-7-4-10-19-9-3-1-2-5-14(19)20/h6,8,11H,1-5,7,9-10H2,(H,18,21). The van der Waals surface area contributed by atoms with Crippen LogP contribution in [-0.4, -0.2) is 41.3 Å². The third-order valence-corrected chi connectivity index (χ3v) is 3.76. The molecular formula is C15H20ClN3O2. The predicted molar refractivity (Wildman–Crippen MR) is 81.2 cm³/mol. The van der Waals surface area contributed by atoms with Gasteiger partial charge in [-0.1, -0.05) is 18.0 Å². The smallest absolute Gasteiger partial charge is 0.251 e. The van der Waals surface area contributed by atoms with E-state index in [0.29, 0.717) is 30.2 Å². The quantitative estimate of drug-likeness (QED) is 0.670. The van der Waals surface area contributed by atoms with Crippen molar-refractivity contribution in [1.82, 2.24) is 15.2 Å². The Bertz CT molecular complexity index is 507. The molecule has 114 valence electrons. The number of halogens is 1. The van der Waals surface area contributed by atoms with Crippen molar-refractivity contribution >= 4 is 23.4 Å². The predicted octanol–water partition coefficient (Wildman–Crippen LogP) is 2.26. The van der Waals surface area contributed by atoms with Gasteiger partial charge in [-0.2, -0.15) is 0 Å². The topological polar surface area (TPSA) is 62.3 Å². The van der Waals surface area contributed by atoms with E-state index in [4.69, 9.17) is 11.6 Å². The lowest BCUT2D eigenvalue weighted by atomic mass is 10.2. The Hall–Kier alpha value is -1.62. The highest BCUT2D eigenvalue weighted by atomic mass is 35.5. The van der Waals surface area contributed by atoms with Crippen LogP contribution in [0.25, 0.3) is 0 Å². The Balaban J connectivity index is 1.71. The fourth-order valence-corrected chi connectivity index (χ4v) is 2.57. The number of carbonyl (C=O) groups is 2. The van der Waals surface area contributed by atoms with E-state index >= 15 is 0 Å². The van der Waals surface area contributed by atoms with Crippen molar-refractivity contribution in [2.45, 2.75) is 32.1 Å². The average molecular weight is 310 g/mol. The van der Waals surface area contributed by atoms with E-state index in [2.05, 4.69) is 10.3 Å². The van der Waals surface area contributed by atoms with Crippen LogP contribution in [0.15, 0.2) is 18.3 Å². The van der Waals surface area contributed by atoms with E-state index in [1.54, 1.807) is 6.07 Å². The summed E-state index contributed by atoms with van der Waals surface area (Å²) in [5, 5.41) is 3.14. The van der Waals surface area contributed by atoms with Crippen LogP contribution in [0, 0.1) is 0 Å². The van der Waals surface area contributed by atoms with Crippen LogP contribution >= 0.6 is 11.6 Å². The Morgan fingerprint density at radius 1 is 1.38 bits per heavy atom. The van der Waals surface area contributed by atoms with Crippen LogP contribution in [0.4, 0.5) is 0 Å². The molecule has 0 unspecified atom stereocenters. The molecule has 1 aromatic heterocycles. The molecule has 6 heteroatoms. The summed E-state index contributed by atoms with van der Waals surface area (Å²) in [5.41, 5.74) is 0.501. The molecule has 0 radical (unpaired) electrons. The van der Waals surface area contributed by atoms with Crippen LogP contribution in [0.5, 0.6) is 0 Å². The molecule has 1 fully saturated rings. The molecular weight excluding hydrogens is 290 g/mol. The van der Waals surface area contributed by atoms with E-state index in [-0.39, 0.29) is 11.8 Å². The van der Waals surface area contributed by atoms with E-state index in [0.717, 1.165) is 32.2 Å². The van der Waals surface area contributed by atoms with Gasteiger partial charge in [-0.25, -0.2) is 4.98 Å². The average Bonchev–Trinajstić information content (AvgIpc) is 2.68. The van der Waals surface area contributed by atoms with Gasteiger partial charge in [0.2, 0.25) is 5.91 Å². The third kappa shape index (κ3) is 5.01. The van der Waals surface area contributed by atoms with Crippen molar-refractivity contribution in [3.05, 3.63) is 29.0 Å². The number of pyridine rings is 1. The molecule has 2 amide bonds. The van der Waals surface area contributed by atoms with Gasteiger partial charge in [0.15, 0.2) is 0 Å². The molecule has 1 aromatic rings. The van der Waals surface area contributed by atoms with Gasteiger partial charge in [-0.3, -0.25) is 9.59 Å². The highest BCUT2D eigenvalue weighted by Gasteiger charge is 2.15. The van der Waals surface area contributed by atoms with E-state index in [9.17, 15) is 9.59 Å². The van der Waals surface area contributed by atoms with Crippen LogP contribution < -0.4 is 5.32 Å². The van der Waals surface area contributed by atoms with Crippen molar-refractivity contribution in [2.24, 2.45) is 0 Å². The molecule has 21 heavy (non-hydrogen) atoms. The van der Waals surface area contributed by atoms with Crippen molar-refractivity contribution in [3.63, 3.8) is 0 Å². The first kappa shape index (κ1) is 15.8. The summed E-state index contributed by atoms with van der Waals surface area (Å²) in [6, 6.07) is 3.16. The molecule has 0 atom stereocenters. The maximum atomic E-state index is 11.9. The molecule has 1 N–H and O–H groups in total. The molecule has 0 spiro atoms. The first-order chi connectivity index (χ1) is 10.2. The van der Waals surface area contributed by atoms with Gasteiger partial charge >= 0.3 is 0 Å². The molecule has 1 saturated heterocycles. The lowest BCUT2D eigenvalue weighted by Crippen LogP contribution is -2.34. The summed E-state index contributed by atoms with van der Waals surface area (Å²) in [6.45, 7) is 2.09. The molecule has 1 aliphatic rings. The van der Waals surface area contributed by atoms with Gasteiger partial charge in [-0.15, -0.1) is 0 Å². The van der Waals surface area contributed by atoms with Gasteiger partial charge in [-0.05, 0) is 31.4 Å². The third-order valence-electron chi connectivity index (χ3n) is 3.55. The normalized spacial score (nSPS) is 15.7. The molecule has 0 saturated carbocycles. The largest absolute Gasteiger partial charge is 0.352 e. The summed E-state index contributed by atoms with van der Waals surface area (Å²) < 4.78 is 0. The minimum Gasteiger partial charge on any atom is -0.352 e. The lowest BCUT2D eigenvalue weighted by Gasteiger charge is -2.20. The SMILES string of the molecule is O=C(NCCCN1CCCCCC1=O)c1ccnc(Cl)c1. The van der Waals surface area contributed by atoms with Gasteiger partial charge in [0.05, 0.1) is 0 Å². The summed E-state index contributed by atoms with van der Waals surface area (Å²) >= 11 is 5.75. The van der Waals surface area contributed by atoms with E-state index in [1.165, 1.54) is 12.3 Å².